The second kappa shape index (κ2) is 3.58. The fourth-order valence-electron chi connectivity index (χ4n) is 3.15. The number of hydrogen-bond donors (Lipinski definition) is 1. The Morgan fingerprint density at radius 3 is 2.61 bits per heavy atom. The number of Topliss-reactive ketones (excluding diaryl/α,β-unsaturated/α-hetero) is 1. The molecule has 2 atom stereocenters. The Kier molecular flexibility index (Phi) is 2.24. The summed E-state index contributed by atoms with van der Waals surface area (Å²) in [6, 6.07) is 6.93. The Labute approximate surface area is 107 Å². The van der Waals surface area contributed by atoms with E-state index in [9.17, 15) is 9.90 Å². The summed E-state index contributed by atoms with van der Waals surface area (Å²) in [4.78, 5) is 12.4. The van der Waals surface area contributed by atoms with Gasteiger partial charge in [-0.15, -0.1) is 0 Å². The Bertz CT molecular complexity index is 565. The molecule has 2 aliphatic rings. The van der Waals surface area contributed by atoms with E-state index in [1.807, 2.05) is 25.1 Å². The lowest BCUT2D eigenvalue weighted by Crippen LogP contribution is -2.23. The van der Waals surface area contributed by atoms with Crippen molar-refractivity contribution in [3.63, 3.8) is 0 Å². The summed E-state index contributed by atoms with van der Waals surface area (Å²) in [6.07, 6.45) is 3.91. The number of hydrogen-bond acceptors (Lipinski definition) is 2. The van der Waals surface area contributed by atoms with E-state index in [1.54, 1.807) is 12.1 Å². The van der Waals surface area contributed by atoms with Crippen LogP contribution in [0.4, 0.5) is 0 Å². The second-order valence-electron chi connectivity index (χ2n) is 5.47. The Hall–Kier alpha value is -1.83. The van der Waals surface area contributed by atoms with E-state index >= 15 is 0 Å². The smallest absolute Gasteiger partial charge is 0.169 e. The first kappa shape index (κ1) is 11.3. The molecule has 92 valence electrons. The first-order valence-corrected chi connectivity index (χ1v) is 6.27. The molecule has 2 heteroatoms. The third-order valence-corrected chi connectivity index (χ3v) is 4.42. The molecular formula is C16H16O2. The Morgan fingerprint density at radius 2 is 2.06 bits per heavy atom. The molecule has 2 bridgehead atoms. The van der Waals surface area contributed by atoms with Gasteiger partial charge in [0.2, 0.25) is 0 Å². The number of carbonyl (C=O) groups is 1. The van der Waals surface area contributed by atoms with Gasteiger partial charge in [0, 0.05) is 11.5 Å². The molecule has 0 saturated heterocycles. The van der Waals surface area contributed by atoms with E-state index in [0.717, 1.165) is 29.6 Å². The first-order chi connectivity index (χ1) is 8.52. The van der Waals surface area contributed by atoms with Crippen LogP contribution in [-0.2, 0) is 4.79 Å². The van der Waals surface area contributed by atoms with Gasteiger partial charge in [0.25, 0.3) is 0 Å². The van der Waals surface area contributed by atoms with E-state index in [4.69, 9.17) is 0 Å². The molecule has 2 unspecified atom stereocenters. The largest absolute Gasteiger partial charge is 0.508 e. The maximum Gasteiger partial charge on any atom is 0.169 e. The molecule has 1 aromatic carbocycles. The van der Waals surface area contributed by atoms with E-state index in [-0.39, 0.29) is 22.9 Å². The summed E-state index contributed by atoms with van der Waals surface area (Å²) in [5.41, 5.74) is 2.60. The molecular weight excluding hydrogens is 224 g/mol. The minimum Gasteiger partial charge on any atom is -0.508 e. The molecule has 2 aliphatic carbocycles. The zero-order chi connectivity index (χ0) is 12.9. The van der Waals surface area contributed by atoms with Crippen molar-refractivity contribution in [1.29, 1.82) is 0 Å². The highest BCUT2D eigenvalue weighted by molar-refractivity contribution is 6.10. The van der Waals surface area contributed by atoms with Crippen LogP contribution in [0.5, 0.6) is 5.75 Å². The predicted octanol–water partition coefficient (Wildman–Crippen LogP) is 3.33. The van der Waals surface area contributed by atoms with Crippen molar-refractivity contribution in [1.82, 2.24) is 0 Å². The van der Waals surface area contributed by atoms with Crippen LogP contribution in [0.3, 0.4) is 0 Å². The maximum absolute atomic E-state index is 12.4. The number of phenols is 1. The van der Waals surface area contributed by atoms with Gasteiger partial charge in [-0.2, -0.15) is 0 Å². The average Bonchev–Trinajstić information content (AvgIpc) is 2.73. The van der Waals surface area contributed by atoms with Crippen LogP contribution in [-0.4, -0.2) is 10.9 Å². The number of phenolic OH excluding ortho intramolecular Hbond substituents is 1. The van der Waals surface area contributed by atoms with Crippen LogP contribution in [0.25, 0.3) is 6.08 Å². The van der Waals surface area contributed by atoms with E-state index in [1.165, 1.54) is 0 Å². The zero-order valence-electron chi connectivity index (χ0n) is 10.4. The van der Waals surface area contributed by atoms with Gasteiger partial charge in [-0.1, -0.05) is 24.3 Å². The molecule has 0 amide bonds. The molecule has 2 nitrogen and oxygen atoms in total. The minimum absolute atomic E-state index is 0.233. The van der Waals surface area contributed by atoms with Crippen molar-refractivity contribution in [3.8, 4) is 5.75 Å². The van der Waals surface area contributed by atoms with Gasteiger partial charge in [0.15, 0.2) is 5.78 Å². The van der Waals surface area contributed by atoms with Crippen LogP contribution in [0.15, 0.2) is 42.0 Å². The quantitative estimate of drug-likeness (QED) is 0.604. The van der Waals surface area contributed by atoms with Crippen molar-refractivity contribution in [2.75, 3.05) is 0 Å². The van der Waals surface area contributed by atoms with Crippen LogP contribution in [0.1, 0.15) is 25.3 Å². The van der Waals surface area contributed by atoms with Crippen molar-refractivity contribution < 1.29 is 9.90 Å². The lowest BCUT2D eigenvalue weighted by molar-refractivity contribution is -0.121. The van der Waals surface area contributed by atoms with Gasteiger partial charge < -0.3 is 5.11 Å². The lowest BCUT2D eigenvalue weighted by atomic mass is 9.82. The maximum atomic E-state index is 12.4. The molecule has 3 rings (SSSR count). The number of allylic oxidation sites excluding steroid dienone is 2. The molecule has 0 spiro atoms. The van der Waals surface area contributed by atoms with Gasteiger partial charge in [0.05, 0.1) is 5.41 Å². The Balaban J connectivity index is 2.01. The minimum atomic E-state index is -0.326. The van der Waals surface area contributed by atoms with Gasteiger partial charge in [-0.3, -0.25) is 4.79 Å². The van der Waals surface area contributed by atoms with Crippen molar-refractivity contribution >= 4 is 11.9 Å². The number of fused-ring (bicyclic) bond motifs is 2. The average molecular weight is 240 g/mol. The topological polar surface area (TPSA) is 37.3 Å². The fraction of sp³-hybridized carbons (Fsp3) is 0.312. The SMILES string of the molecule is C=C1C2CCC1(C)C(=O)/C2=C/c1ccc(O)cc1. The highest BCUT2D eigenvalue weighted by atomic mass is 16.3. The normalized spacial score (nSPS) is 32.5. The van der Waals surface area contributed by atoms with Crippen LogP contribution < -0.4 is 0 Å². The summed E-state index contributed by atoms with van der Waals surface area (Å²) >= 11 is 0. The van der Waals surface area contributed by atoms with Crippen molar-refractivity contribution in [2.24, 2.45) is 11.3 Å². The van der Waals surface area contributed by atoms with Gasteiger partial charge in [-0.05, 0) is 43.5 Å². The molecule has 2 saturated carbocycles. The van der Waals surface area contributed by atoms with E-state index in [0.29, 0.717) is 0 Å². The monoisotopic (exact) mass is 240 g/mol. The van der Waals surface area contributed by atoms with Crippen molar-refractivity contribution in [3.05, 3.63) is 47.6 Å². The molecule has 2 fully saturated rings. The summed E-state index contributed by atoms with van der Waals surface area (Å²) in [7, 11) is 0. The van der Waals surface area contributed by atoms with Crippen LogP contribution in [0.2, 0.25) is 0 Å². The third kappa shape index (κ3) is 1.38. The lowest BCUT2D eigenvalue weighted by Gasteiger charge is -2.19. The highest BCUT2D eigenvalue weighted by Crippen LogP contribution is 2.57. The number of aromatic hydroxyl groups is 1. The van der Waals surface area contributed by atoms with E-state index < -0.39 is 0 Å². The summed E-state index contributed by atoms with van der Waals surface area (Å²) < 4.78 is 0. The van der Waals surface area contributed by atoms with Crippen molar-refractivity contribution in [2.45, 2.75) is 19.8 Å². The molecule has 0 heterocycles. The van der Waals surface area contributed by atoms with Crippen LogP contribution >= 0.6 is 0 Å². The fourth-order valence-corrected chi connectivity index (χ4v) is 3.15. The Morgan fingerprint density at radius 1 is 1.39 bits per heavy atom. The standard InChI is InChI=1S/C16H16O2/c1-10-13-7-8-16(10,2)15(18)14(13)9-11-3-5-12(17)6-4-11/h3-6,9,13,17H,1,7-8H2,2H3/b14-9+. The van der Waals surface area contributed by atoms with Gasteiger partial charge in [-0.25, -0.2) is 0 Å². The first-order valence-electron chi connectivity index (χ1n) is 6.27. The predicted molar refractivity (Wildman–Crippen MR) is 71.1 cm³/mol. The number of carbonyl (C=O) groups excluding carboxylic acids is 1. The molecule has 18 heavy (non-hydrogen) atoms. The number of benzene rings is 1. The molecule has 0 aromatic heterocycles. The van der Waals surface area contributed by atoms with Gasteiger partial charge in [0.1, 0.15) is 5.75 Å². The molecule has 0 radical (unpaired) electrons. The number of ketones is 1. The summed E-state index contributed by atoms with van der Waals surface area (Å²) in [5.74, 6) is 0.709. The summed E-state index contributed by atoms with van der Waals surface area (Å²) in [5, 5.41) is 9.26. The zero-order valence-corrected chi connectivity index (χ0v) is 10.4. The second-order valence-corrected chi connectivity index (χ2v) is 5.47. The van der Waals surface area contributed by atoms with E-state index in [2.05, 4.69) is 6.58 Å². The molecule has 1 N–H and O–H groups in total. The molecule has 0 aliphatic heterocycles. The van der Waals surface area contributed by atoms with Crippen LogP contribution in [0, 0.1) is 11.3 Å². The summed E-state index contributed by atoms with van der Waals surface area (Å²) in [6.45, 7) is 6.11. The number of rotatable bonds is 1. The highest BCUT2D eigenvalue weighted by Gasteiger charge is 2.54. The molecule has 1 aromatic rings. The van der Waals surface area contributed by atoms with Gasteiger partial charge >= 0.3 is 0 Å². The third-order valence-electron chi connectivity index (χ3n) is 4.42.